The maximum Gasteiger partial charge on any atom is 0.276 e. The van der Waals surface area contributed by atoms with Crippen LogP contribution in [0.2, 0.25) is 0 Å². The summed E-state index contributed by atoms with van der Waals surface area (Å²) in [5.74, 6) is 1.19. The van der Waals surface area contributed by atoms with E-state index in [0.29, 0.717) is 23.8 Å². The maximum absolute atomic E-state index is 10.8. The van der Waals surface area contributed by atoms with E-state index in [-0.39, 0.29) is 10.6 Å². The van der Waals surface area contributed by atoms with Crippen molar-refractivity contribution in [2.45, 2.75) is 26.7 Å². The average molecular weight is 316 g/mol. The zero-order chi connectivity index (χ0) is 13.5. The SMILES string of the molecule is Cc1c(OCCC(C)CCBr)cccc1[N+](=O)[O-]. The Morgan fingerprint density at radius 1 is 1.44 bits per heavy atom. The van der Waals surface area contributed by atoms with Gasteiger partial charge in [-0.3, -0.25) is 10.1 Å². The third-order valence-corrected chi connectivity index (χ3v) is 3.38. The summed E-state index contributed by atoms with van der Waals surface area (Å²) in [5, 5.41) is 11.8. The second-order valence-corrected chi connectivity index (χ2v) is 5.17. The van der Waals surface area contributed by atoms with Crippen LogP contribution in [0.3, 0.4) is 0 Å². The molecule has 1 aromatic carbocycles. The normalized spacial score (nSPS) is 12.2. The Hall–Kier alpha value is -1.10. The lowest BCUT2D eigenvalue weighted by Crippen LogP contribution is -2.06. The molecule has 1 atom stereocenters. The van der Waals surface area contributed by atoms with Crippen LogP contribution in [0.15, 0.2) is 18.2 Å². The van der Waals surface area contributed by atoms with Gasteiger partial charge in [0.15, 0.2) is 0 Å². The molecule has 0 saturated heterocycles. The number of nitrogens with zero attached hydrogens (tertiary/aromatic N) is 1. The van der Waals surface area contributed by atoms with Gasteiger partial charge in [0.2, 0.25) is 0 Å². The van der Waals surface area contributed by atoms with E-state index in [9.17, 15) is 10.1 Å². The summed E-state index contributed by atoms with van der Waals surface area (Å²) in [6.45, 7) is 4.48. The zero-order valence-corrected chi connectivity index (χ0v) is 12.3. The van der Waals surface area contributed by atoms with Crippen LogP contribution >= 0.6 is 15.9 Å². The maximum atomic E-state index is 10.8. The molecule has 18 heavy (non-hydrogen) atoms. The predicted molar refractivity (Wildman–Crippen MR) is 75.5 cm³/mol. The Morgan fingerprint density at radius 3 is 2.78 bits per heavy atom. The molecule has 1 unspecified atom stereocenters. The standard InChI is InChI=1S/C13H18BrNO3/c1-10(6-8-14)7-9-18-13-5-3-4-12(11(13)2)15(16)17/h3-5,10H,6-9H2,1-2H3. The van der Waals surface area contributed by atoms with E-state index >= 15 is 0 Å². The molecular formula is C13H18BrNO3. The Bertz CT molecular complexity index is 409. The lowest BCUT2D eigenvalue weighted by atomic mass is 10.1. The van der Waals surface area contributed by atoms with Gasteiger partial charge in [0, 0.05) is 11.4 Å². The highest BCUT2D eigenvalue weighted by Gasteiger charge is 2.14. The number of nitro benzene ring substituents is 1. The van der Waals surface area contributed by atoms with Crippen molar-refractivity contribution in [1.82, 2.24) is 0 Å². The van der Waals surface area contributed by atoms with Crippen LogP contribution in [0.25, 0.3) is 0 Å². The highest BCUT2D eigenvalue weighted by atomic mass is 79.9. The molecule has 0 N–H and O–H groups in total. The molecule has 0 amide bonds. The number of rotatable bonds is 7. The highest BCUT2D eigenvalue weighted by molar-refractivity contribution is 9.09. The predicted octanol–water partition coefficient (Wildman–Crippen LogP) is 4.09. The van der Waals surface area contributed by atoms with Crippen LogP contribution in [0, 0.1) is 23.0 Å². The number of benzene rings is 1. The third-order valence-electron chi connectivity index (χ3n) is 2.92. The molecule has 0 radical (unpaired) electrons. The molecule has 100 valence electrons. The van der Waals surface area contributed by atoms with Gasteiger partial charge in [0.25, 0.3) is 5.69 Å². The topological polar surface area (TPSA) is 52.4 Å². The summed E-state index contributed by atoms with van der Waals surface area (Å²) in [4.78, 5) is 10.4. The molecule has 0 aliphatic carbocycles. The number of halogens is 1. The molecule has 4 nitrogen and oxygen atoms in total. The molecule has 0 aliphatic rings. The molecule has 1 rings (SSSR count). The second kappa shape index (κ2) is 7.36. The van der Waals surface area contributed by atoms with Crippen molar-refractivity contribution in [3.05, 3.63) is 33.9 Å². The Morgan fingerprint density at radius 2 is 2.17 bits per heavy atom. The Labute approximate surface area is 116 Å². The smallest absolute Gasteiger partial charge is 0.276 e. The molecule has 5 heteroatoms. The number of alkyl halides is 1. The minimum Gasteiger partial charge on any atom is -0.493 e. The first-order valence-electron chi connectivity index (χ1n) is 5.99. The molecule has 0 aliphatic heterocycles. The summed E-state index contributed by atoms with van der Waals surface area (Å²) in [6, 6.07) is 4.93. The van der Waals surface area contributed by atoms with Gasteiger partial charge in [0.05, 0.1) is 17.1 Å². The molecule has 1 aromatic rings. The van der Waals surface area contributed by atoms with E-state index < -0.39 is 0 Å². The number of hydrogen-bond donors (Lipinski definition) is 0. The average Bonchev–Trinajstić information content (AvgIpc) is 2.31. The van der Waals surface area contributed by atoms with Gasteiger partial charge in [-0.05, 0) is 31.7 Å². The quantitative estimate of drug-likeness (QED) is 0.432. The molecule has 0 aromatic heterocycles. The molecule has 0 saturated carbocycles. The first-order valence-corrected chi connectivity index (χ1v) is 7.11. The van der Waals surface area contributed by atoms with Crippen molar-refractivity contribution in [3.8, 4) is 5.75 Å². The van der Waals surface area contributed by atoms with Gasteiger partial charge in [0.1, 0.15) is 5.75 Å². The number of nitro groups is 1. The van der Waals surface area contributed by atoms with E-state index in [4.69, 9.17) is 4.74 Å². The second-order valence-electron chi connectivity index (χ2n) is 4.38. The fourth-order valence-corrected chi connectivity index (χ4v) is 2.44. The van der Waals surface area contributed by atoms with Crippen LogP contribution in [0.5, 0.6) is 5.75 Å². The van der Waals surface area contributed by atoms with Gasteiger partial charge in [-0.2, -0.15) is 0 Å². The van der Waals surface area contributed by atoms with E-state index in [1.807, 2.05) is 0 Å². The van der Waals surface area contributed by atoms with Crippen molar-refractivity contribution >= 4 is 21.6 Å². The Kier molecular flexibility index (Phi) is 6.12. The zero-order valence-electron chi connectivity index (χ0n) is 10.7. The van der Waals surface area contributed by atoms with E-state index in [0.717, 1.165) is 18.2 Å². The largest absolute Gasteiger partial charge is 0.493 e. The molecule has 0 heterocycles. The summed E-state index contributed by atoms with van der Waals surface area (Å²) in [5.41, 5.74) is 0.705. The summed E-state index contributed by atoms with van der Waals surface area (Å²) >= 11 is 3.41. The monoisotopic (exact) mass is 315 g/mol. The van der Waals surface area contributed by atoms with Gasteiger partial charge < -0.3 is 4.74 Å². The van der Waals surface area contributed by atoms with Gasteiger partial charge >= 0.3 is 0 Å². The van der Waals surface area contributed by atoms with E-state index in [1.165, 1.54) is 6.07 Å². The highest BCUT2D eigenvalue weighted by Crippen LogP contribution is 2.27. The van der Waals surface area contributed by atoms with E-state index in [2.05, 4.69) is 22.9 Å². The molecular weight excluding hydrogens is 298 g/mol. The third kappa shape index (κ3) is 4.29. The fourth-order valence-electron chi connectivity index (χ4n) is 1.66. The minimum absolute atomic E-state index is 0.112. The first kappa shape index (κ1) is 15.0. The van der Waals surface area contributed by atoms with Crippen LogP contribution < -0.4 is 4.74 Å². The minimum atomic E-state index is -0.379. The van der Waals surface area contributed by atoms with Crippen molar-refractivity contribution in [2.75, 3.05) is 11.9 Å². The number of hydrogen-bond acceptors (Lipinski definition) is 3. The summed E-state index contributed by atoms with van der Waals surface area (Å²) in [7, 11) is 0. The molecule has 0 fully saturated rings. The van der Waals surface area contributed by atoms with Gasteiger partial charge in [-0.25, -0.2) is 0 Å². The van der Waals surface area contributed by atoms with Crippen molar-refractivity contribution < 1.29 is 9.66 Å². The van der Waals surface area contributed by atoms with Crippen LogP contribution in [-0.2, 0) is 0 Å². The lowest BCUT2D eigenvalue weighted by Gasteiger charge is -2.12. The Balaban J connectivity index is 2.57. The number of ether oxygens (including phenoxy) is 1. The summed E-state index contributed by atoms with van der Waals surface area (Å²) in [6.07, 6.45) is 2.06. The van der Waals surface area contributed by atoms with E-state index in [1.54, 1.807) is 19.1 Å². The first-order chi connectivity index (χ1) is 8.56. The van der Waals surface area contributed by atoms with Gasteiger partial charge in [-0.15, -0.1) is 0 Å². The molecule has 0 spiro atoms. The lowest BCUT2D eigenvalue weighted by molar-refractivity contribution is -0.385. The van der Waals surface area contributed by atoms with Crippen molar-refractivity contribution in [2.24, 2.45) is 5.92 Å². The molecule has 0 bridgehead atoms. The van der Waals surface area contributed by atoms with Crippen molar-refractivity contribution in [3.63, 3.8) is 0 Å². The fraction of sp³-hybridized carbons (Fsp3) is 0.538. The summed E-state index contributed by atoms with van der Waals surface area (Å²) < 4.78 is 5.62. The van der Waals surface area contributed by atoms with Gasteiger partial charge in [-0.1, -0.05) is 28.9 Å². The van der Waals surface area contributed by atoms with Crippen LogP contribution in [-0.4, -0.2) is 16.9 Å². The van der Waals surface area contributed by atoms with Crippen LogP contribution in [0.4, 0.5) is 5.69 Å². The van der Waals surface area contributed by atoms with Crippen LogP contribution in [0.1, 0.15) is 25.3 Å². The van der Waals surface area contributed by atoms with Crippen molar-refractivity contribution in [1.29, 1.82) is 0 Å².